The number of pyridine rings is 1. The van der Waals surface area contributed by atoms with Gasteiger partial charge in [0.05, 0.1) is 29.1 Å². The number of fused-ring (bicyclic) bond motifs is 1. The maximum absolute atomic E-state index is 14.1. The second-order valence-corrected chi connectivity index (χ2v) is 7.89. The van der Waals surface area contributed by atoms with Gasteiger partial charge in [-0.25, -0.2) is 4.39 Å². The van der Waals surface area contributed by atoms with E-state index in [1.807, 2.05) is 47.9 Å². The van der Waals surface area contributed by atoms with E-state index in [-0.39, 0.29) is 11.7 Å². The third kappa shape index (κ3) is 4.15. The molecular weight excluding hydrogens is 389 g/mol. The Hall–Kier alpha value is -2.80. The van der Waals surface area contributed by atoms with E-state index in [2.05, 4.69) is 10.3 Å². The number of anilines is 2. The van der Waals surface area contributed by atoms with Crippen LogP contribution < -0.4 is 10.1 Å². The average Bonchev–Trinajstić information content (AvgIpc) is 2.76. The van der Waals surface area contributed by atoms with Crippen molar-refractivity contribution in [2.24, 2.45) is 0 Å². The Morgan fingerprint density at radius 1 is 1.24 bits per heavy atom. The molecule has 0 unspecified atom stereocenters. The molecule has 0 atom stereocenters. The predicted octanol–water partition coefficient (Wildman–Crippen LogP) is 4.71. The number of nitrogens with zero attached hydrogens (tertiary/aromatic N) is 2. The summed E-state index contributed by atoms with van der Waals surface area (Å²) in [5, 5.41) is 3.90. The van der Waals surface area contributed by atoms with Gasteiger partial charge in [-0.2, -0.15) is 11.8 Å². The molecule has 7 heteroatoms. The van der Waals surface area contributed by atoms with Gasteiger partial charge >= 0.3 is 0 Å². The number of aromatic nitrogens is 1. The summed E-state index contributed by atoms with van der Waals surface area (Å²) < 4.78 is 19.8. The number of hydrogen-bond donors (Lipinski definition) is 1. The van der Waals surface area contributed by atoms with Crippen LogP contribution in [-0.2, 0) is 0 Å². The summed E-state index contributed by atoms with van der Waals surface area (Å²) in [6.45, 7) is 3.82. The highest BCUT2D eigenvalue weighted by Crippen LogP contribution is 2.34. The average molecular weight is 412 g/mol. The maximum atomic E-state index is 14.1. The van der Waals surface area contributed by atoms with E-state index < -0.39 is 0 Å². The number of halogens is 1. The lowest BCUT2D eigenvalue weighted by molar-refractivity contribution is 0.0773. The standard InChI is InChI=1S/C22H22FN3O2S/c1-2-28-20-6-4-3-5-19(20)25-21-16-13-15(23)7-8-18(16)24-14-17(21)22(27)26-9-11-29-12-10-26/h3-8,13-14H,2,9-12H2,1H3,(H,24,25). The van der Waals surface area contributed by atoms with Crippen molar-refractivity contribution in [2.75, 3.05) is 36.5 Å². The molecule has 1 fully saturated rings. The number of thioether (sulfide) groups is 1. The highest BCUT2D eigenvalue weighted by Gasteiger charge is 2.23. The smallest absolute Gasteiger partial charge is 0.257 e. The predicted molar refractivity (Wildman–Crippen MR) is 116 cm³/mol. The molecule has 5 nitrogen and oxygen atoms in total. The molecule has 2 aromatic carbocycles. The minimum Gasteiger partial charge on any atom is -0.492 e. The minimum absolute atomic E-state index is 0.0969. The molecule has 150 valence electrons. The van der Waals surface area contributed by atoms with Crippen molar-refractivity contribution < 1.29 is 13.9 Å². The lowest BCUT2D eigenvalue weighted by atomic mass is 10.1. The van der Waals surface area contributed by atoms with Gasteiger partial charge in [0.1, 0.15) is 11.6 Å². The fourth-order valence-corrected chi connectivity index (χ4v) is 4.29. The first-order valence-electron chi connectivity index (χ1n) is 9.61. The lowest BCUT2D eigenvalue weighted by Gasteiger charge is -2.27. The van der Waals surface area contributed by atoms with Crippen molar-refractivity contribution in [1.29, 1.82) is 0 Å². The van der Waals surface area contributed by atoms with Crippen LogP contribution in [-0.4, -0.2) is 47.0 Å². The van der Waals surface area contributed by atoms with E-state index in [1.165, 1.54) is 12.1 Å². The Morgan fingerprint density at radius 3 is 2.83 bits per heavy atom. The maximum Gasteiger partial charge on any atom is 0.257 e. The van der Waals surface area contributed by atoms with Crippen molar-refractivity contribution in [3.8, 4) is 5.75 Å². The second-order valence-electron chi connectivity index (χ2n) is 6.67. The molecule has 1 aliphatic heterocycles. The van der Waals surface area contributed by atoms with Gasteiger partial charge in [-0.05, 0) is 37.3 Å². The van der Waals surface area contributed by atoms with E-state index in [9.17, 15) is 9.18 Å². The number of para-hydroxylation sites is 2. The fraction of sp³-hybridized carbons (Fsp3) is 0.273. The van der Waals surface area contributed by atoms with E-state index in [0.717, 1.165) is 17.2 Å². The Kier molecular flexibility index (Phi) is 5.85. The molecule has 3 aromatic rings. The molecule has 0 saturated carbocycles. The van der Waals surface area contributed by atoms with Crippen LogP contribution in [0.5, 0.6) is 5.75 Å². The second kappa shape index (κ2) is 8.69. The van der Waals surface area contributed by atoms with Crippen LogP contribution in [0.25, 0.3) is 10.9 Å². The topological polar surface area (TPSA) is 54.5 Å². The van der Waals surface area contributed by atoms with Crippen LogP contribution in [0.3, 0.4) is 0 Å². The zero-order chi connectivity index (χ0) is 20.2. The van der Waals surface area contributed by atoms with E-state index in [0.29, 0.717) is 47.6 Å². The van der Waals surface area contributed by atoms with Crippen LogP contribution in [0.1, 0.15) is 17.3 Å². The van der Waals surface area contributed by atoms with Gasteiger partial charge in [-0.15, -0.1) is 0 Å². The summed E-state index contributed by atoms with van der Waals surface area (Å²) in [4.78, 5) is 19.5. The van der Waals surface area contributed by atoms with Gasteiger partial charge in [0.25, 0.3) is 5.91 Å². The molecule has 0 radical (unpaired) electrons. The molecule has 29 heavy (non-hydrogen) atoms. The Morgan fingerprint density at radius 2 is 2.03 bits per heavy atom. The first-order chi connectivity index (χ1) is 14.2. The molecule has 4 rings (SSSR count). The van der Waals surface area contributed by atoms with Crippen LogP contribution >= 0.6 is 11.8 Å². The molecule has 1 saturated heterocycles. The molecule has 1 N–H and O–H groups in total. The molecule has 2 heterocycles. The molecule has 1 aliphatic rings. The summed E-state index contributed by atoms with van der Waals surface area (Å²) in [7, 11) is 0. The summed E-state index contributed by atoms with van der Waals surface area (Å²) in [6, 6.07) is 11.9. The first kappa shape index (κ1) is 19.5. The summed E-state index contributed by atoms with van der Waals surface area (Å²) in [5.41, 5.74) is 2.31. The molecule has 1 amide bonds. The van der Waals surface area contributed by atoms with Gasteiger partial charge < -0.3 is 15.0 Å². The zero-order valence-electron chi connectivity index (χ0n) is 16.2. The van der Waals surface area contributed by atoms with Crippen molar-refractivity contribution in [1.82, 2.24) is 9.88 Å². The van der Waals surface area contributed by atoms with E-state index >= 15 is 0 Å². The number of amides is 1. The van der Waals surface area contributed by atoms with E-state index in [4.69, 9.17) is 4.74 Å². The quantitative estimate of drug-likeness (QED) is 0.659. The molecule has 0 bridgehead atoms. The van der Waals surface area contributed by atoms with Gasteiger partial charge in [0.15, 0.2) is 0 Å². The number of rotatable bonds is 5. The van der Waals surface area contributed by atoms with Gasteiger partial charge in [-0.1, -0.05) is 12.1 Å². The normalized spacial score (nSPS) is 14.1. The van der Waals surface area contributed by atoms with Crippen LogP contribution in [0, 0.1) is 5.82 Å². The summed E-state index contributed by atoms with van der Waals surface area (Å²) in [6.07, 6.45) is 1.58. The number of carbonyl (C=O) groups is 1. The van der Waals surface area contributed by atoms with Crippen molar-refractivity contribution >= 4 is 39.9 Å². The highest BCUT2D eigenvalue weighted by atomic mass is 32.2. The zero-order valence-corrected chi connectivity index (χ0v) is 17.0. The van der Waals surface area contributed by atoms with Gasteiger partial charge in [-0.3, -0.25) is 9.78 Å². The number of hydrogen-bond acceptors (Lipinski definition) is 5. The van der Waals surface area contributed by atoms with Crippen LogP contribution in [0.15, 0.2) is 48.7 Å². The third-order valence-electron chi connectivity index (χ3n) is 4.81. The van der Waals surface area contributed by atoms with Crippen molar-refractivity contribution in [2.45, 2.75) is 6.92 Å². The number of nitrogens with one attached hydrogen (secondary N) is 1. The van der Waals surface area contributed by atoms with Gasteiger partial charge in [0, 0.05) is 36.2 Å². The highest BCUT2D eigenvalue weighted by molar-refractivity contribution is 7.99. The van der Waals surface area contributed by atoms with Crippen LogP contribution in [0.4, 0.5) is 15.8 Å². The number of benzene rings is 2. The monoisotopic (exact) mass is 411 g/mol. The largest absolute Gasteiger partial charge is 0.492 e. The number of ether oxygens (including phenoxy) is 1. The Bertz CT molecular complexity index is 1040. The molecule has 0 spiro atoms. The molecular formula is C22H22FN3O2S. The Labute approximate surface area is 173 Å². The van der Waals surface area contributed by atoms with Crippen molar-refractivity contribution in [3.63, 3.8) is 0 Å². The lowest BCUT2D eigenvalue weighted by Crippen LogP contribution is -2.38. The van der Waals surface area contributed by atoms with Crippen LogP contribution in [0.2, 0.25) is 0 Å². The number of carbonyl (C=O) groups excluding carboxylic acids is 1. The summed E-state index contributed by atoms with van der Waals surface area (Å²) in [5.74, 6) is 2.03. The van der Waals surface area contributed by atoms with Gasteiger partial charge in [0.2, 0.25) is 0 Å². The minimum atomic E-state index is -0.376. The first-order valence-corrected chi connectivity index (χ1v) is 10.8. The molecule has 0 aliphatic carbocycles. The summed E-state index contributed by atoms with van der Waals surface area (Å²) >= 11 is 1.84. The van der Waals surface area contributed by atoms with Crippen molar-refractivity contribution in [3.05, 3.63) is 60.0 Å². The third-order valence-corrected chi connectivity index (χ3v) is 5.75. The fourth-order valence-electron chi connectivity index (χ4n) is 3.38. The Balaban J connectivity index is 1.83. The molecule has 1 aromatic heterocycles. The SMILES string of the molecule is CCOc1ccccc1Nc1c(C(=O)N2CCSCC2)cnc2ccc(F)cc12. The van der Waals surface area contributed by atoms with E-state index in [1.54, 1.807) is 12.3 Å².